The van der Waals surface area contributed by atoms with E-state index < -0.39 is 12.1 Å². The fraction of sp³-hybridized carbons (Fsp3) is 0.636. The number of nitrogens with zero attached hydrogens (tertiary/aromatic N) is 3. The SMILES string of the molecule is COC(=O)[C@H](F)CN(C)[C@@H](C)c1cnn(C)c1. The average molecular weight is 243 g/mol. The number of methoxy groups -OCH3 is 1. The van der Waals surface area contributed by atoms with Crippen LogP contribution >= 0.6 is 0 Å². The zero-order valence-corrected chi connectivity index (χ0v) is 10.6. The van der Waals surface area contributed by atoms with E-state index in [0.29, 0.717) is 0 Å². The minimum absolute atomic E-state index is 0.00271. The summed E-state index contributed by atoms with van der Waals surface area (Å²) in [6, 6.07) is -0.00777. The Bertz CT molecular complexity index is 381. The third-order valence-electron chi connectivity index (χ3n) is 2.77. The van der Waals surface area contributed by atoms with Gasteiger partial charge in [-0.1, -0.05) is 0 Å². The average Bonchev–Trinajstić information content (AvgIpc) is 2.73. The van der Waals surface area contributed by atoms with Gasteiger partial charge in [-0.3, -0.25) is 9.58 Å². The Labute approximate surface area is 100 Å². The smallest absolute Gasteiger partial charge is 0.341 e. The van der Waals surface area contributed by atoms with Crippen molar-refractivity contribution < 1.29 is 13.9 Å². The lowest BCUT2D eigenvalue weighted by Crippen LogP contribution is -2.34. The Morgan fingerprint density at radius 2 is 2.35 bits per heavy atom. The number of carbonyl (C=O) groups is 1. The fourth-order valence-electron chi connectivity index (χ4n) is 1.52. The van der Waals surface area contributed by atoms with Crippen molar-refractivity contribution in [3.8, 4) is 0 Å². The summed E-state index contributed by atoms with van der Waals surface area (Å²) in [5, 5.41) is 4.06. The van der Waals surface area contributed by atoms with Gasteiger partial charge < -0.3 is 4.74 Å². The first-order valence-electron chi connectivity index (χ1n) is 5.36. The molecule has 96 valence electrons. The predicted octanol–water partition coefficient (Wildman–Crippen LogP) is 0.924. The Morgan fingerprint density at radius 3 is 2.82 bits per heavy atom. The molecule has 0 saturated carbocycles. The highest BCUT2D eigenvalue weighted by Gasteiger charge is 2.23. The highest BCUT2D eigenvalue weighted by molar-refractivity contribution is 5.74. The molecule has 0 N–H and O–H groups in total. The number of hydrogen-bond acceptors (Lipinski definition) is 4. The van der Waals surface area contributed by atoms with E-state index in [0.717, 1.165) is 5.56 Å². The predicted molar refractivity (Wildman–Crippen MR) is 61.2 cm³/mol. The zero-order valence-electron chi connectivity index (χ0n) is 10.6. The molecule has 0 bridgehead atoms. The molecule has 0 unspecified atom stereocenters. The van der Waals surface area contributed by atoms with Gasteiger partial charge in [0.1, 0.15) is 0 Å². The number of halogens is 1. The van der Waals surface area contributed by atoms with Crippen molar-refractivity contribution in [3.05, 3.63) is 18.0 Å². The summed E-state index contributed by atoms with van der Waals surface area (Å²) in [7, 11) is 4.76. The van der Waals surface area contributed by atoms with Gasteiger partial charge >= 0.3 is 5.97 Å². The largest absolute Gasteiger partial charge is 0.467 e. The molecule has 0 radical (unpaired) electrons. The number of hydrogen-bond donors (Lipinski definition) is 0. The van der Waals surface area contributed by atoms with E-state index in [9.17, 15) is 9.18 Å². The molecule has 0 amide bonds. The van der Waals surface area contributed by atoms with Crippen molar-refractivity contribution in [2.75, 3.05) is 20.7 Å². The number of alkyl halides is 1. The molecule has 0 spiro atoms. The van der Waals surface area contributed by atoms with Gasteiger partial charge in [0.2, 0.25) is 6.17 Å². The molecule has 6 heteroatoms. The topological polar surface area (TPSA) is 47.4 Å². The van der Waals surface area contributed by atoms with Crippen LogP contribution in [-0.4, -0.2) is 47.5 Å². The normalized spacial score (nSPS) is 14.7. The van der Waals surface area contributed by atoms with Crippen molar-refractivity contribution in [2.24, 2.45) is 7.05 Å². The van der Waals surface area contributed by atoms with Crippen LogP contribution in [-0.2, 0) is 16.6 Å². The summed E-state index contributed by atoms with van der Waals surface area (Å²) < 4.78 is 19.4. The van der Waals surface area contributed by atoms with Crippen LogP contribution in [0.1, 0.15) is 18.5 Å². The number of ether oxygens (including phenoxy) is 1. The molecule has 0 aliphatic carbocycles. The molecule has 0 aliphatic rings. The van der Waals surface area contributed by atoms with Crippen molar-refractivity contribution in [1.29, 1.82) is 0 Å². The summed E-state index contributed by atoms with van der Waals surface area (Å²) in [4.78, 5) is 12.7. The van der Waals surface area contributed by atoms with Crippen LogP contribution in [0.2, 0.25) is 0 Å². The van der Waals surface area contributed by atoms with E-state index in [1.54, 1.807) is 22.8 Å². The maximum absolute atomic E-state index is 13.4. The Balaban J connectivity index is 2.58. The van der Waals surface area contributed by atoms with Gasteiger partial charge in [0.05, 0.1) is 13.3 Å². The van der Waals surface area contributed by atoms with E-state index in [1.807, 2.05) is 20.2 Å². The Morgan fingerprint density at radius 1 is 1.71 bits per heavy atom. The molecule has 1 aromatic heterocycles. The van der Waals surface area contributed by atoms with Gasteiger partial charge in [-0.15, -0.1) is 0 Å². The van der Waals surface area contributed by atoms with E-state index >= 15 is 0 Å². The number of esters is 1. The maximum atomic E-state index is 13.4. The highest BCUT2D eigenvalue weighted by atomic mass is 19.1. The van der Waals surface area contributed by atoms with Crippen LogP contribution < -0.4 is 0 Å². The number of aryl methyl sites for hydroxylation is 1. The van der Waals surface area contributed by atoms with Crippen molar-refractivity contribution in [3.63, 3.8) is 0 Å². The van der Waals surface area contributed by atoms with Crippen molar-refractivity contribution >= 4 is 5.97 Å². The van der Waals surface area contributed by atoms with Crippen LogP contribution in [0, 0.1) is 0 Å². The van der Waals surface area contributed by atoms with Gasteiger partial charge in [0, 0.05) is 31.4 Å². The molecular weight excluding hydrogens is 225 g/mol. The van der Waals surface area contributed by atoms with E-state index in [1.165, 1.54) is 7.11 Å². The summed E-state index contributed by atoms with van der Waals surface area (Å²) >= 11 is 0. The summed E-state index contributed by atoms with van der Waals surface area (Å²) in [6.45, 7) is 1.93. The minimum Gasteiger partial charge on any atom is -0.467 e. The third kappa shape index (κ3) is 3.52. The van der Waals surface area contributed by atoms with Gasteiger partial charge in [-0.25, -0.2) is 9.18 Å². The lowest BCUT2D eigenvalue weighted by molar-refractivity contribution is -0.147. The molecule has 1 aromatic rings. The molecule has 0 aliphatic heterocycles. The number of carbonyl (C=O) groups excluding carboxylic acids is 1. The highest BCUT2D eigenvalue weighted by Crippen LogP contribution is 2.18. The minimum atomic E-state index is -1.62. The molecule has 2 atom stereocenters. The Hall–Kier alpha value is -1.43. The summed E-state index contributed by atoms with van der Waals surface area (Å²) in [5.74, 6) is -0.838. The van der Waals surface area contributed by atoms with Crippen LogP contribution in [0.3, 0.4) is 0 Å². The quantitative estimate of drug-likeness (QED) is 0.722. The second kappa shape index (κ2) is 5.77. The maximum Gasteiger partial charge on any atom is 0.341 e. The third-order valence-corrected chi connectivity index (χ3v) is 2.77. The molecule has 1 rings (SSSR count). The van der Waals surface area contributed by atoms with Crippen molar-refractivity contribution in [2.45, 2.75) is 19.1 Å². The summed E-state index contributed by atoms with van der Waals surface area (Å²) in [6.07, 6.45) is 1.98. The second-order valence-electron chi connectivity index (χ2n) is 4.05. The van der Waals surface area contributed by atoms with Gasteiger partial charge in [0.15, 0.2) is 0 Å². The number of aromatic nitrogens is 2. The van der Waals surface area contributed by atoms with E-state index in [2.05, 4.69) is 9.84 Å². The van der Waals surface area contributed by atoms with Gasteiger partial charge in [-0.2, -0.15) is 5.10 Å². The molecule has 0 fully saturated rings. The second-order valence-corrected chi connectivity index (χ2v) is 4.05. The molecule has 5 nitrogen and oxygen atoms in total. The van der Waals surface area contributed by atoms with Crippen LogP contribution in [0.4, 0.5) is 4.39 Å². The standard InChI is InChI=1S/C11H18FN3O2/c1-8(9-5-13-15(3)6-9)14(2)7-10(12)11(16)17-4/h5-6,8,10H,7H2,1-4H3/t8-,10+/m0/s1. The van der Waals surface area contributed by atoms with Crippen LogP contribution in [0.25, 0.3) is 0 Å². The van der Waals surface area contributed by atoms with Gasteiger partial charge in [-0.05, 0) is 14.0 Å². The van der Waals surface area contributed by atoms with Crippen molar-refractivity contribution in [1.82, 2.24) is 14.7 Å². The Kier molecular flexibility index (Phi) is 4.62. The molecular formula is C11H18FN3O2. The monoisotopic (exact) mass is 243 g/mol. The van der Waals surface area contributed by atoms with E-state index in [4.69, 9.17) is 0 Å². The van der Waals surface area contributed by atoms with Gasteiger partial charge in [0.25, 0.3) is 0 Å². The first-order valence-corrected chi connectivity index (χ1v) is 5.36. The summed E-state index contributed by atoms with van der Waals surface area (Å²) in [5.41, 5.74) is 0.979. The molecule has 0 saturated heterocycles. The number of rotatable bonds is 5. The van der Waals surface area contributed by atoms with Crippen LogP contribution in [0.5, 0.6) is 0 Å². The lowest BCUT2D eigenvalue weighted by Gasteiger charge is -2.24. The molecule has 0 aromatic carbocycles. The van der Waals surface area contributed by atoms with Crippen LogP contribution in [0.15, 0.2) is 12.4 Å². The molecule has 17 heavy (non-hydrogen) atoms. The zero-order chi connectivity index (χ0) is 13.0. The first kappa shape index (κ1) is 13.6. The first-order chi connectivity index (χ1) is 7.95. The van der Waals surface area contributed by atoms with E-state index in [-0.39, 0.29) is 12.6 Å². The lowest BCUT2D eigenvalue weighted by atomic mass is 10.1. The molecule has 1 heterocycles. The fourth-order valence-corrected chi connectivity index (χ4v) is 1.52.